The minimum atomic E-state index is -0.923. The summed E-state index contributed by atoms with van der Waals surface area (Å²) in [7, 11) is 1.77. The zero-order valence-electron chi connectivity index (χ0n) is 11.1. The van der Waals surface area contributed by atoms with Crippen LogP contribution in [-0.4, -0.2) is 29.1 Å². The molecule has 1 aromatic rings. The molecule has 1 unspecified atom stereocenters. The van der Waals surface area contributed by atoms with E-state index in [4.69, 9.17) is 0 Å². The molecule has 1 heterocycles. The summed E-state index contributed by atoms with van der Waals surface area (Å²) in [5.74, 6) is -0.0245. The summed E-state index contributed by atoms with van der Waals surface area (Å²) >= 11 is 0. The SMILES string of the molecule is CN1C(=O)[C@@H](O)[C@H](c2ccccc2)C2CCCC=C21. The Kier molecular flexibility index (Phi) is 3.15. The standard InChI is InChI=1S/C16H19NO2/c1-17-13-10-6-5-9-12(13)14(15(18)16(17)19)11-7-3-2-4-8-11/h2-4,7-8,10,12,14-15,18H,5-6,9H2,1H3/t12?,14-,15+/m1/s1. The number of carbonyl (C=O) groups is 1. The molecule has 1 aliphatic heterocycles. The Labute approximate surface area is 113 Å². The van der Waals surface area contributed by atoms with Crippen molar-refractivity contribution in [3.05, 3.63) is 47.7 Å². The van der Waals surface area contributed by atoms with E-state index in [1.165, 1.54) is 0 Å². The highest BCUT2D eigenvalue weighted by Crippen LogP contribution is 2.44. The minimum absolute atomic E-state index is 0.101. The Bertz CT molecular complexity index is 509. The van der Waals surface area contributed by atoms with Crippen molar-refractivity contribution in [2.75, 3.05) is 7.05 Å². The third kappa shape index (κ3) is 1.98. The van der Waals surface area contributed by atoms with Gasteiger partial charge in [0.15, 0.2) is 0 Å². The quantitative estimate of drug-likeness (QED) is 0.838. The third-order valence-electron chi connectivity index (χ3n) is 4.38. The number of aliphatic hydroxyl groups excluding tert-OH is 1. The smallest absolute Gasteiger partial charge is 0.255 e. The average molecular weight is 257 g/mol. The summed E-state index contributed by atoms with van der Waals surface area (Å²) < 4.78 is 0. The zero-order valence-corrected chi connectivity index (χ0v) is 11.1. The van der Waals surface area contributed by atoms with Crippen LogP contribution in [0.2, 0.25) is 0 Å². The van der Waals surface area contributed by atoms with E-state index in [0.29, 0.717) is 0 Å². The number of amides is 1. The van der Waals surface area contributed by atoms with Gasteiger partial charge in [0.1, 0.15) is 6.10 Å². The second-order valence-electron chi connectivity index (χ2n) is 5.44. The molecular formula is C16H19NO2. The summed E-state index contributed by atoms with van der Waals surface area (Å²) in [6, 6.07) is 9.93. The summed E-state index contributed by atoms with van der Waals surface area (Å²) in [5, 5.41) is 10.4. The van der Waals surface area contributed by atoms with Gasteiger partial charge in [0.2, 0.25) is 0 Å². The predicted octanol–water partition coefficient (Wildman–Crippen LogP) is 2.29. The maximum atomic E-state index is 12.2. The summed E-state index contributed by atoms with van der Waals surface area (Å²) in [5.41, 5.74) is 2.16. The monoisotopic (exact) mass is 257 g/mol. The molecule has 3 rings (SSSR count). The Hall–Kier alpha value is -1.61. The number of likely N-dealkylation sites (N-methyl/N-ethyl adjacent to an activating group) is 1. The van der Waals surface area contributed by atoms with Crippen molar-refractivity contribution < 1.29 is 9.90 Å². The van der Waals surface area contributed by atoms with Crippen LogP contribution in [0.5, 0.6) is 0 Å². The molecule has 0 aromatic heterocycles. The van der Waals surface area contributed by atoms with Gasteiger partial charge in [0, 0.05) is 24.6 Å². The van der Waals surface area contributed by atoms with Crippen LogP contribution in [0.15, 0.2) is 42.1 Å². The van der Waals surface area contributed by atoms with Crippen LogP contribution in [0, 0.1) is 5.92 Å². The van der Waals surface area contributed by atoms with Crippen LogP contribution in [0.25, 0.3) is 0 Å². The fourth-order valence-electron chi connectivity index (χ4n) is 3.43. The predicted molar refractivity (Wildman–Crippen MR) is 73.4 cm³/mol. The van der Waals surface area contributed by atoms with Crippen LogP contribution in [0.1, 0.15) is 30.7 Å². The van der Waals surface area contributed by atoms with E-state index in [1.807, 2.05) is 30.3 Å². The molecule has 1 N–H and O–H groups in total. The van der Waals surface area contributed by atoms with E-state index >= 15 is 0 Å². The first-order valence-corrected chi connectivity index (χ1v) is 6.91. The molecule has 0 radical (unpaired) electrons. The number of allylic oxidation sites excluding steroid dienone is 2. The van der Waals surface area contributed by atoms with Crippen molar-refractivity contribution in [3.63, 3.8) is 0 Å². The molecule has 1 aliphatic carbocycles. The van der Waals surface area contributed by atoms with Gasteiger partial charge in [-0.25, -0.2) is 0 Å². The van der Waals surface area contributed by atoms with Crippen LogP contribution >= 0.6 is 0 Å². The third-order valence-corrected chi connectivity index (χ3v) is 4.38. The van der Waals surface area contributed by atoms with Gasteiger partial charge in [-0.3, -0.25) is 4.79 Å². The summed E-state index contributed by atoms with van der Waals surface area (Å²) in [6.45, 7) is 0. The lowest BCUT2D eigenvalue weighted by atomic mass is 9.72. The first-order valence-electron chi connectivity index (χ1n) is 6.91. The molecule has 1 amide bonds. The molecule has 1 saturated heterocycles. The van der Waals surface area contributed by atoms with Crippen LogP contribution in [0.4, 0.5) is 0 Å². The van der Waals surface area contributed by atoms with E-state index in [1.54, 1.807) is 11.9 Å². The van der Waals surface area contributed by atoms with E-state index in [-0.39, 0.29) is 17.7 Å². The highest BCUT2D eigenvalue weighted by Gasteiger charge is 2.44. The molecule has 100 valence electrons. The Morgan fingerprint density at radius 3 is 2.74 bits per heavy atom. The van der Waals surface area contributed by atoms with Crippen molar-refractivity contribution in [1.82, 2.24) is 4.90 Å². The van der Waals surface area contributed by atoms with Crippen molar-refractivity contribution in [2.24, 2.45) is 5.92 Å². The van der Waals surface area contributed by atoms with Crippen molar-refractivity contribution in [2.45, 2.75) is 31.3 Å². The largest absolute Gasteiger partial charge is 0.383 e. The van der Waals surface area contributed by atoms with Gasteiger partial charge in [-0.05, 0) is 24.8 Å². The Balaban J connectivity index is 2.04. The Morgan fingerprint density at radius 2 is 2.00 bits per heavy atom. The average Bonchev–Trinajstić information content (AvgIpc) is 2.46. The molecular weight excluding hydrogens is 238 g/mol. The van der Waals surface area contributed by atoms with Gasteiger partial charge >= 0.3 is 0 Å². The molecule has 0 spiro atoms. The molecule has 0 saturated carbocycles. The number of hydrogen-bond donors (Lipinski definition) is 1. The van der Waals surface area contributed by atoms with Crippen LogP contribution in [-0.2, 0) is 4.79 Å². The molecule has 3 atom stereocenters. The summed E-state index contributed by atoms with van der Waals surface area (Å²) in [6.07, 6.45) is 4.44. The maximum absolute atomic E-state index is 12.2. The molecule has 1 fully saturated rings. The highest BCUT2D eigenvalue weighted by atomic mass is 16.3. The molecule has 0 bridgehead atoms. The number of hydrogen-bond acceptors (Lipinski definition) is 2. The molecule has 3 heteroatoms. The van der Waals surface area contributed by atoms with Crippen molar-refractivity contribution >= 4 is 5.91 Å². The lowest BCUT2D eigenvalue weighted by Gasteiger charge is -2.43. The number of piperidine rings is 1. The topological polar surface area (TPSA) is 40.5 Å². The zero-order chi connectivity index (χ0) is 13.4. The Morgan fingerprint density at radius 1 is 1.26 bits per heavy atom. The number of likely N-dealkylation sites (tertiary alicyclic amines) is 1. The first kappa shape index (κ1) is 12.4. The second-order valence-corrected chi connectivity index (χ2v) is 5.44. The fraction of sp³-hybridized carbons (Fsp3) is 0.438. The molecule has 2 aliphatic rings. The fourth-order valence-corrected chi connectivity index (χ4v) is 3.43. The normalized spacial score (nSPS) is 30.8. The molecule has 3 nitrogen and oxygen atoms in total. The van der Waals surface area contributed by atoms with Crippen LogP contribution < -0.4 is 0 Å². The molecule has 1 aromatic carbocycles. The van der Waals surface area contributed by atoms with Gasteiger partial charge in [0.05, 0.1) is 0 Å². The minimum Gasteiger partial charge on any atom is -0.383 e. The van der Waals surface area contributed by atoms with Crippen molar-refractivity contribution in [1.29, 1.82) is 0 Å². The van der Waals surface area contributed by atoms with Gasteiger partial charge in [0.25, 0.3) is 5.91 Å². The van der Waals surface area contributed by atoms with Gasteiger partial charge in [-0.15, -0.1) is 0 Å². The second kappa shape index (κ2) is 4.82. The van der Waals surface area contributed by atoms with E-state index in [9.17, 15) is 9.90 Å². The number of aliphatic hydroxyl groups is 1. The van der Waals surface area contributed by atoms with Gasteiger partial charge < -0.3 is 10.0 Å². The number of nitrogens with zero attached hydrogens (tertiary/aromatic N) is 1. The summed E-state index contributed by atoms with van der Waals surface area (Å²) in [4.78, 5) is 13.8. The number of carbonyl (C=O) groups excluding carboxylic acids is 1. The number of fused-ring (bicyclic) bond motifs is 1. The number of benzene rings is 1. The van der Waals surface area contributed by atoms with Crippen LogP contribution in [0.3, 0.4) is 0 Å². The maximum Gasteiger partial charge on any atom is 0.255 e. The lowest BCUT2D eigenvalue weighted by molar-refractivity contribution is -0.143. The van der Waals surface area contributed by atoms with Gasteiger partial charge in [-0.2, -0.15) is 0 Å². The van der Waals surface area contributed by atoms with E-state index < -0.39 is 6.10 Å². The van der Waals surface area contributed by atoms with Crippen molar-refractivity contribution in [3.8, 4) is 0 Å². The highest BCUT2D eigenvalue weighted by molar-refractivity contribution is 5.85. The lowest BCUT2D eigenvalue weighted by Crippen LogP contribution is -2.49. The van der Waals surface area contributed by atoms with E-state index in [2.05, 4.69) is 6.08 Å². The van der Waals surface area contributed by atoms with Gasteiger partial charge in [-0.1, -0.05) is 36.4 Å². The first-order chi connectivity index (χ1) is 9.20. The van der Waals surface area contributed by atoms with E-state index in [0.717, 1.165) is 30.5 Å². The molecule has 19 heavy (non-hydrogen) atoms. The number of rotatable bonds is 1.